The highest BCUT2D eigenvalue weighted by molar-refractivity contribution is 9.10. The average Bonchev–Trinajstić information content (AvgIpc) is 3.60. The fourth-order valence-electron chi connectivity index (χ4n) is 4.55. The lowest BCUT2D eigenvalue weighted by Crippen LogP contribution is -2.30. The van der Waals surface area contributed by atoms with Crippen LogP contribution in [0.3, 0.4) is 0 Å². The normalized spacial score (nSPS) is 15.7. The molecule has 0 unspecified atom stereocenters. The monoisotopic (exact) mass is 590 g/mol. The summed E-state index contributed by atoms with van der Waals surface area (Å²) in [5, 5.41) is 0.748. The summed E-state index contributed by atoms with van der Waals surface area (Å²) in [5.41, 5.74) is 2.97. The molecule has 4 aromatic rings. The third-order valence-electron chi connectivity index (χ3n) is 6.45. The number of carbonyl (C=O) groups is 2. The summed E-state index contributed by atoms with van der Waals surface area (Å²) in [7, 11) is 0. The minimum absolute atomic E-state index is 0.221. The molecule has 9 heteroatoms. The molecule has 6 rings (SSSR count). The van der Waals surface area contributed by atoms with Gasteiger partial charge in [-0.25, -0.2) is 0 Å². The fourth-order valence-corrected chi connectivity index (χ4v) is 5.76. The molecular weight excluding hydrogens is 568 g/mol. The summed E-state index contributed by atoms with van der Waals surface area (Å²) in [6, 6.07) is 21.4. The first kappa shape index (κ1) is 24.6. The van der Waals surface area contributed by atoms with Crippen LogP contribution in [0, 0.1) is 0 Å². The number of hydrogen-bond acceptors (Lipinski definition) is 6. The fraction of sp³-hybridized carbons (Fsp3) is 0.172. The zero-order chi connectivity index (χ0) is 26.1. The highest BCUT2D eigenvalue weighted by atomic mass is 79.9. The molecule has 0 bridgehead atoms. The molecule has 7 nitrogen and oxygen atoms in total. The maximum absolute atomic E-state index is 13.1. The maximum atomic E-state index is 13.1. The van der Waals surface area contributed by atoms with Gasteiger partial charge >= 0.3 is 0 Å². The lowest BCUT2D eigenvalue weighted by Gasteiger charge is -2.12. The molecule has 1 aromatic heterocycles. The first-order chi connectivity index (χ1) is 18.5. The summed E-state index contributed by atoms with van der Waals surface area (Å²) in [6.07, 6.45) is 4.44. The van der Waals surface area contributed by atoms with Gasteiger partial charge in [0, 0.05) is 39.7 Å². The van der Waals surface area contributed by atoms with Crippen molar-refractivity contribution in [3.05, 3.63) is 93.4 Å². The Balaban J connectivity index is 1.19. The summed E-state index contributed by atoms with van der Waals surface area (Å²) < 4.78 is 19.8. The van der Waals surface area contributed by atoms with E-state index in [4.69, 9.17) is 14.2 Å². The molecule has 2 amide bonds. The number of carbonyl (C=O) groups excluding carboxylic acids is 2. The predicted molar refractivity (Wildman–Crippen MR) is 151 cm³/mol. The summed E-state index contributed by atoms with van der Waals surface area (Å²) in [4.78, 5) is 27.5. The summed E-state index contributed by atoms with van der Waals surface area (Å²) in [5.74, 6) is 1.85. The van der Waals surface area contributed by atoms with E-state index in [1.54, 1.807) is 0 Å². The van der Waals surface area contributed by atoms with Gasteiger partial charge in [0.1, 0.15) is 12.4 Å². The Morgan fingerprint density at radius 2 is 1.82 bits per heavy atom. The van der Waals surface area contributed by atoms with Crippen molar-refractivity contribution < 1.29 is 23.8 Å². The lowest BCUT2D eigenvalue weighted by molar-refractivity contribution is -0.122. The van der Waals surface area contributed by atoms with Crippen molar-refractivity contribution in [2.75, 3.05) is 19.9 Å². The van der Waals surface area contributed by atoms with Gasteiger partial charge in [-0.2, -0.15) is 0 Å². The number of rotatable bonds is 8. The molecule has 2 aliphatic heterocycles. The van der Waals surface area contributed by atoms with Crippen LogP contribution in [-0.2, 0) is 17.8 Å². The van der Waals surface area contributed by atoms with Gasteiger partial charge in [0.05, 0.1) is 11.4 Å². The molecule has 192 valence electrons. The highest BCUT2D eigenvalue weighted by Gasteiger charge is 2.34. The Labute approximate surface area is 232 Å². The highest BCUT2D eigenvalue weighted by Crippen LogP contribution is 2.36. The Morgan fingerprint density at radius 1 is 0.974 bits per heavy atom. The van der Waals surface area contributed by atoms with E-state index in [2.05, 4.69) is 20.5 Å². The molecule has 1 fully saturated rings. The third kappa shape index (κ3) is 5.04. The molecule has 2 aliphatic rings. The van der Waals surface area contributed by atoms with Gasteiger partial charge in [-0.15, -0.1) is 0 Å². The number of benzene rings is 3. The molecule has 0 radical (unpaired) electrons. The quantitative estimate of drug-likeness (QED) is 0.218. The number of hydrogen-bond donors (Lipinski definition) is 0. The minimum Gasteiger partial charge on any atom is -0.492 e. The number of halogens is 1. The van der Waals surface area contributed by atoms with Crippen LogP contribution in [0.25, 0.3) is 17.0 Å². The standard InChI is InChI=1S/C29H23BrN2O5S/c30-21-6-8-24-23(15-21)20(17-31(24)12-13-35-22-7-9-25-26(16-22)37-18-36-25)14-27-28(33)32(29(34)38-27)11-10-19-4-2-1-3-5-19/h1-9,14-17H,10-13,18H2/b27-14-. The van der Waals surface area contributed by atoms with Crippen molar-refractivity contribution in [1.82, 2.24) is 9.47 Å². The molecule has 3 heterocycles. The third-order valence-corrected chi connectivity index (χ3v) is 7.85. The second kappa shape index (κ2) is 10.6. The molecule has 0 N–H and O–H groups in total. The molecular formula is C29H23BrN2O5S. The van der Waals surface area contributed by atoms with E-state index in [0.717, 1.165) is 38.3 Å². The van der Waals surface area contributed by atoms with Crippen LogP contribution in [0.2, 0.25) is 0 Å². The van der Waals surface area contributed by atoms with Gasteiger partial charge in [-0.1, -0.05) is 46.3 Å². The number of aromatic nitrogens is 1. The van der Waals surface area contributed by atoms with Crippen LogP contribution in [-0.4, -0.2) is 40.6 Å². The SMILES string of the molecule is O=C1S/C(=C\c2cn(CCOc3ccc4c(c3)OCO4)c3ccc(Br)cc23)C(=O)N1CCc1ccccc1. The number of ether oxygens (including phenoxy) is 3. The van der Waals surface area contributed by atoms with Crippen LogP contribution in [0.1, 0.15) is 11.1 Å². The Hall–Kier alpha value is -3.69. The largest absolute Gasteiger partial charge is 0.492 e. The van der Waals surface area contributed by atoms with E-state index in [1.165, 1.54) is 4.90 Å². The van der Waals surface area contributed by atoms with E-state index < -0.39 is 0 Å². The van der Waals surface area contributed by atoms with Crippen molar-refractivity contribution in [2.45, 2.75) is 13.0 Å². The van der Waals surface area contributed by atoms with Crippen molar-refractivity contribution in [1.29, 1.82) is 0 Å². The maximum Gasteiger partial charge on any atom is 0.293 e. The molecule has 0 saturated carbocycles. The van der Waals surface area contributed by atoms with Crippen LogP contribution < -0.4 is 14.2 Å². The number of thioether (sulfide) groups is 1. The second-order valence-corrected chi connectivity index (χ2v) is 10.8. The van der Waals surface area contributed by atoms with Crippen LogP contribution in [0.5, 0.6) is 17.2 Å². The van der Waals surface area contributed by atoms with Crippen molar-refractivity contribution in [3.63, 3.8) is 0 Å². The molecule has 0 aliphatic carbocycles. The molecule has 38 heavy (non-hydrogen) atoms. The smallest absolute Gasteiger partial charge is 0.293 e. The van der Waals surface area contributed by atoms with Gasteiger partial charge in [-0.05, 0) is 60.2 Å². The minimum atomic E-state index is -0.252. The Kier molecular flexibility index (Phi) is 6.86. The van der Waals surface area contributed by atoms with Crippen LogP contribution in [0.4, 0.5) is 4.79 Å². The topological polar surface area (TPSA) is 70.0 Å². The van der Waals surface area contributed by atoms with Gasteiger partial charge in [0.25, 0.3) is 11.1 Å². The van der Waals surface area contributed by atoms with Gasteiger partial charge in [-0.3, -0.25) is 14.5 Å². The van der Waals surface area contributed by atoms with Gasteiger partial charge < -0.3 is 18.8 Å². The second-order valence-electron chi connectivity index (χ2n) is 8.87. The number of nitrogens with zero attached hydrogens (tertiary/aromatic N) is 2. The van der Waals surface area contributed by atoms with E-state index in [1.807, 2.05) is 79.0 Å². The number of imide groups is 1. The molecule has 0 atom stereocenters. The predicted octanol–water partition coefficient (Wildman–Crippen LogP) is 6.49. The van der Waals surface area contributed by atoms with E-state index in [0.29, 0.717) is 48.3 Å². The zero-order valence-corrected chi connectivity index (χ0v) is 22.7. The Bertz CT molecular complexity index is 1570. The van der Waals surface area contributed by atoms with E-state index >= 15 is 0 Å². The summed E-state index contributed by atoms with van der Waals surface area (Å²) >= 11 is 4.55. The first-order valence-corrected chi connectivity index (χ1v) is 13.8. The lowest BCUT2D eigenvalue weighted by atomic mass is 10.1. The first-order valence-electron chi connectivity index (χ1n) is 12.2. The molecule has 3 aromatic carbocycles. The Morgan fingerprint density at radius 3 is 2.68 bits per heavy atom. The van der Waals surface area contributed by atoms with Crippen molar-refractivity contribution in [2.24, 2.45) is 0 Å². The number of fused-ring (bicyclic) bond motifs is 2. The van der Waals surface area contributed by atoms with Crippen molar-refractivity contribution >= 4 is 55.8 Å². The van der Waals surface area contributed by atoms with Crippen LogP contribution in [0.15, 0.2) is 82.3 Å². The zero-order valence-electron chi connectivity index (χ0n) is 20.3. The van der Waals surface area contributed by atoms with Crippen LogP contribution >= 0.6 is 27.7 Å². The number of amides is 2. The van der Waals surface area contributed by atoms with Crippen molar-refractivity contribution in [3.8, 4) is 17.2 Å². The average molecular weight is 591 g/mol. The van der Waals surface area contributed by atoms with E-state index in [9.17, 15) is 9.59 Å². The molecule has 0 spiro atoms. The van der Waals surface area contributed by atoms with E-state index in [-0.39, 0.29) is 17.9 Å². The van der Waals surface area contributed by atoms with Gasteiger partial charge in [0.15, 0.2) is 11.5 Å². The van der Waals surface area contributed by atoms with Gasteiger partial charge in [0.2, 0.25) is 6.79 Å². The molecule has 1 saturated heterocycles. The summed E-state index contributed by atoms with van der Waals surface area (Å²) in [6.45, 7) is 1.61.